The summed E-state index contributed by atoms with van der Waals surface area (Å²) in [6.07, 6.45) is 0.916. The van der Waals surface area contributed by atoms with Gasteiger partial charge in [-0.3, -0.25) is 19.5 Å². The molecule has 0 unspecified atom stereocenters. The molecule has 0 saturated carbocycles. The van der Waals surface area contributed by atoms with Crippen molar-refractivity contribution in [2.24, 2.45) is 0 Å². The van der Waals surface area contributed by atoms with Crippen LogP contribution in [0.3, 0.4) is 0 Å². The Hall–Kier alpha value is -2.87. The predicted molar refractivity (Wildman–Crippen MR) is 101 cm³/mol. The first-order chi connectivity index (χ1) is 13.4. The summed E-state index contributed by atoms with van der Waals surface area (Å²) in [5.74, 6) is -1.42. The molecule has 2 aromatic rings. The van der Waals surface area contributed by atoms with Gasteiger partial charge in [-0.05, 0) is 43.8 Å². The molecule has 0 radical (unpaired) electrons. The topological polar surface area (TPSA) is 65.5 Å². The number of carbonyl (C=O) groups is 2. The highest BCUT2D eigenvalue weighted by Gasteiger charge is 2.27. The average molecular weight is 388 g/mol. The molecule has 148 valence electrons. The summed E-state index contributed by atoms with van der Waals surface area (Å²) in [6.45, 7) is 0.873. The molecule has 1 aromatic carbocycles. The van der Waals surface area contributed by atoms with Gasteiger partial charge in [-0.1, -0.05) is 6.07 Å². The number of carbonyl (C=O) groups excluding carboxylic acids is 2. The van der Waals surface area contributed by atoms with Gasteiger partial charge in [0.25, 0.3) is 5.91 Å². The van der Waals surface area contributed by atoms with E-state index in [9.17, 15) is 18.4 Å². The lowest BCUT2D eigenvalue weighted by atomic mass is 10.1. The van der Waals surface area contributed by atoms with Crippen molar-refractivity contribution in [1.82, 2.24) is 14.8 Å². The van der Waals surface area contributed by atoms with E-state index in [1.54, 1.807) is 18.1 Å². The standard InChI is InChI=1S/C20H22F2N4O2/c1-25(12-17-4-2-3-6-23-17)13-19(27)24-18-9-14(8-16(22)10-18)20(28)26-7-5-15(21)11-26/h2-4,6,8-10,15H,5,7,11-13H2,1H3,(H,24,27)/t15-/m1/s1. The molecule has 1 fully saturated rings. The van der Waals surface area contributed by atoms with Gasteiger partial charge in [0.05, 0.1) is 18.8 Å². The van der Waals surface area contributed by atoms with Crippen molar-refractivity contribution in [2.75, 3.05) is 32.0 Å². The molecule has 1 aromatic heterocycles. The van der Waals surface area contributed by atoms with Gasteiger partial charge in [-0.2, -0.15) is 0 Å². The first kappa shape index (κ1) is 19.9. The van der Waals surface area contributed by atoms with E-state index in [1.807, 2.05) is 18.2 Å². The quantitative estimate of drug-likeness (QED) is 0.826. The number of likely N-dealkylation sites (N-methyl/N-ethyl adjacent to an activating group) is 1. The third kappa shape index (κ3) is 5.32. The largest absolute Gasteiger partial charge is 0.336 e. The number of hydrogen-bond acceptors (Lipinski definition) is 4. The van der Waals surface area contributed by atoms with Gasteiger partial charge in [0.2, 0.25) is 5.91 Å². The highest BCUT2D eigenvalue weighted by Crippen LogP contribution is 2.20. The Labute approximate surface area is 162 Å². The number of pyridine rings is 1. The summed E-state index contributed by atoms with van der Waals surface area (Å²) in [4.78, 5) is 32.0. The van der Waals surface area contributed by atoms with Gasteiger partial charge < -0.3 is 10.2 Å². The number of benzene rings is 1. The Morgan fingerprint density at radius 2 is 2.14 bits per heavy atom. The van der Waals surface area contributed by atoms with Crippen molar-refractivity contribution < 1.29 is 18.4 Å². The van der Waals surface area contributed by atoms with Crippen molar-refractivity contribution in [1.29, 1.82) is 0 Å². The van der Waals surface area contributed by atoms with E-state index in [4.69, 9.17) is 0 Å². The summed E-state index contributed by atoms with van der Waals surface area (Å²) in [6, 6.07) is 9.20. The van der Waals surface area contributed by atoms with Crippen molar-refractivity contribution in [3.05, 3.63) is 59.7 Å². The first-order valence-electron chi connectivity index (χ1n) is 9.03. The molecule has 1 aliphatic heterocycles. The SMILES string of the molecule is CN(CC(=O)Nc1cc(F)cc(C(=O)N2CC[C@@H](F)C2)c1)Cc1ccccn1. The zero-order valence-corrected chi connectivity index (χ0v) is 15.6. The number of likely N-dealkylation sites (tertiary alicyclic amines) is 1. The molecule has 0 aliphatic carbocycles. The Kier molecular flexibility index (Phi) is 6.30. The summed E-state index contributed by atoms with van der Waals surface area (Å²) < 4.78 is 27.3. The fourth-order valence-corrected chi connectivity index (χ4v) is 3.14. The Morgan fingerprint density at radius 1 is 1.32 bits per heavy atom. The fraction of sp³-hybridized carbons (Fsp3) is 0.350. The number of rotatable bonds is 6. The van der Waals surface area contributed by atoms with Crippen LogP contribution in [0, 0.1) is 5.82 Å². The summed E-state index contributed by atoms with van der Waals surface area (Å²) in [5.41, 5.74) is 1.11. The van der Waals surface area contributed by atoms with Crippen LogP contribution in [-0.2, 0) is 11.3 Å². The molecule has 8 heteroatoms. The second kappa shape index (κ2) is 8.88. The molecular formula is C20H22F2N4O2. The van der Waals surface area contributed by atoms with Crippen molar-refractivity contribution >= 4 is 17.5 Å². The van der Waals surface area contributed by atoms with Crippen LogP contribution in [-0.4, -0.2) is 59.5 Å². The van der Waals surface area contributed by atoms with Crippen LogP contribution < -0.4 is 5.32 Å². The molecule has 1 atom stereocenters. The number of aromatic nitrogens is 1. The average Bonchev–Trinajstić information content (AvgIpc) is 3.07. The van der Waals surface area contributed by atoms with Gasteiger partial charge in [0, 0.05) is 30.5 Å². The third-order valence-corrected chi connectivity index (χ3v) is 4.42. The second-order valence-electron chi connectivity index (χ2n) is 6.91. The molecule has 0 bridgehead atoms. The Bertz CT molecular complexity index is 847. The van der Waals surface area contributed by atoms with Crippen molar-refractivity contribution in [2.45, 2.75) is 19.1 Å². The van der Waals surface area contributed by atoms with E-state index in [-0.39, 0.29) is 36.7 Å². The minimum atomic E-state index is -1.05. The van der Waals surface area contributed by atoms with Crippen LogP contribution >= 0.6 is 0 Å². The lowest BCUT2D eigenvalue weighted by Gasteiger charge is -2.17. The smallest absolute Gasteiger partial charge is 0.254 e. The van der Waals surface area contributed by atoms with E-state index in [2.05, 4.69) is 10.3 Å². The molecule has 1 saturated heterocycles. The minimum Gasteiger partial charge on any atom is -0.336 e. The van der Waals surface area contributed by atoms with E-state index >= 15 is 0 Å². The maximum Gasteiger partial charge on any atom is 0.254 e. The summed E-state index contributed by atoms with van der Waals surface area (Å²) >= 11 is 0. The Balaban J connectivity index is 1.61. The number of alkyl halides is 1. The normalized spacial score (nSPS) is 16.4. The number of hydrogen-bond donors (Lipinski definition) is 1. The maximum atomic E-state index is 13.9. The number of nitrogens with one attached hydrogen (secondary N) is 1. The van der Waals surface area contributed by atoms with Crippen LogP contribution in [0.2, 0.25) is 0 Å². The molecule has 3 rings (SSSR count). The van der Waals surface area contributed by atoms with Gasteiger partial charge in [0.15, 0.2) is 0 Å². The highest BCUT2D eigenvalue weighted by molar-refractivity contribution is 5.97. The molecular weight excluding hydrogens is 366 g/mol. The van der Waals surface area contributed by atoms with Gasteiger partial charge in [-0.25, -0.2) is 8.78 Å². The zero-order valence-electron chi connectivity index (χ0n) is 15.6. The van der Waals surface area contributed by atoms with E-state index in [0.717, 1.165) is 17.8 Å². The van der Waals surface area contributed by atoms with Crippen LogP contribution in [0.15, 0.2) is 42.6 Å². The number of amides is 2. The molecule has 2 heterocycles. The first-order valence-corrected chi connectivity index (χ1v) is 9.03. The lowest BCUT2D eigenvalue weighted by molar-refractivity contribution is -0.117. The molecule has 0 spiro atoms. The minimum absolute atomic E-state index is 0.00928. The predicted octanol–water partition coefficient (Wildman–Crippen LogP) is 2.48. The molecule has 2 amide bonds. The molecule has 6 nitrogen and oxygen atoms in total. The van der Waals surface area contributed by atoms with Crippen molar-refractivity contribution in [3.8, 4) is 0 Å². The molecule has 28 heavy (non-hydrogen) atoms. The van der Waals surface area contributed by atoms with Gasteiger partial charge in [-0.15, -0.1) is 0 Å². The van der Waals surface area contributed by atoms with E-state index < -0.39 is 17.9 Å². The fourth-order valence-electron chi connectivity index (χ4n) is 3.14. The number of anilines is 1. The van der Waals surface area contributed by atoms with Gasteiger partial charge in [0.1, 0.15) is 12.0 Å². The zero-order chi connectivity index (χ0) is 20.1. The molecule has 1 aliphatic rings. The summed E-state index contributed by atoms with van der Waals surface area (Å²) in [5, 5.41) is 2.61. The van der Waals surface area contributed by atoms with Crippen LogP contribution in [0.1, 0.15) is 22.5 Å². The lowest BCUT2D eigenvalue weighted by Crippen LogP contribution is -2.31. The highest BCUT2D eigenvalue weighted by atomic mass is 19.1. The van der Waals surface area contributed by atoms with Crippen LogP contribution in [0.4, 0.5) is 14.5 Å². The third-order valence-electron chi connectivity index (χ3n) is 4.42. The van der Waals surface area contributed by atoms with E-state index in [0.29, 0.717) is 13.1 Å². The molecule has 1 N–H and O–H groups in total. The monoisotopic (exact) mass is 388 g/mol. The van der Waals surface area contributed by atoms with Gasteiger partial charge >= 0.3 is 0 Å². The van der Waals surface area contributed by atoms with Crippen LogP contribution in [0.25, 0.3) is 0 Å². The van der Waals surface area contributed by atoms with Crippen molar-refractivity contribution in [3.63, 3.8) is 0 Å². The summed E-state index contributed by atoms with van der Waals surface area (Å²) in [7, 11) is 1.77. The number of halogens is 2. The van der Waals surface area contributed by atoms with E-state index in [1.165, 1.54) is 11.0 Å². The second-order valence-corrected chi connectivity index (χ2v) is 6.91. The van der Waals surface area contributed by atoms with Crippen LogP contribution in [0.5, 0.6) is 0 Å². The Morgan fingerprint density at radius 3 is 2.82 bits per heavy atom. The number of nitrogens with zero attached hydrogens (tertiary/aromatic N) is 3. The maximum absolute atomic E-state index is 13.9.